The van der Waals surface area contributed by atoms with E-state index in [4.69, 9.17) is 21.1 Å². The van der Waals surface area contributed by atoms with E-state index in [0.29, 0.717) is 35.7 Å². The molecule has 0 aromatic heterocycles. The maximum absolute atomic E-state index is 6.27. The second-order valence-electron chi connectivity index (χ2n) is 4.92. The first-order valence-electron chi connectivity index (χ1n) is 7.52. The van der Waals surface area contributed by atoms with Crippen molar-refractivity contribution in [2.75, 3.05) is 20.8 Å². The number of rotatable bonds is 7. The van der Waals surface area contributed by atoms with Crippen molar-refractivity contribution in [3.63, 3.8) is 0 Å². The highest BCUT2D eigenvalue weighted by atomic mass is 35.5. The van der Waals surface area contributed by atoms with Crippen molar-refractivity contribution in [2.45, 2.75) is 39.8 Å². The van der Waals surface area contributed by atoms with Crippen LogP contribution < -0.4 is 20.1 Å². The molecule has 0 aliphatic rings. The van der Waals surface area contributed by atoms with Crippen LogP contribution in [-0.2, 0) is 6.54 Å². The minimum Gasteiger partial charge on any atom is -0.493 e. The Hall–Kier alpha value is -1.62. The molecule has 5 nitrogen and oxygen atoms in total. The Labute approximate surface area is 138 Å². The van der Waals surface area contributed by atoms with Crippen molar-refractivity contribution in [1.29, 1.82) is 0 Å². The summed E-state index contributed by atoms with van der Waals surface area (Å²) in [7, 11) is 3.36. The largest absolute Gasteiger partial charge is 0.493 e. The number of hydrogen-bond donors (Lipinski definition) is 2. The molecule has 0 aliphatic carbocycles. The first kappa shape index (κ1) is 18.4. The molecule has 0 aliphatic heterocycles. The number of nitrogens with one attached hydrogen (secondary N) is 2. The molecule has 0 saturated heterocycles. The lowest BCUT2D eigenvalue weighted by Gasteiger charge is -2.17. The molecule has 2 N–H and O–H groups in total. The van der Waals surface area contributed by atoms with Gasteiger partial charge in [-0.15, -0.1) is 0 Å². The van der Waals surface area contributed by atoms with Gasteiger partial charge in [0.1, 0.15) is 0 Å². The van der Waals surface area contributed by atoms with Crippen LogP contribution in [-0.4, -0.2) is 32.8 Å². The Morgan fingerprint density at radius 2 is 2.09 bits per heavy atom. The second kappa shape index (κ2) is 9.41. The lowest BCUT2D eigenvalue weighted by molar-refractivity contribution is 0.311. The zero-order valence-corrected chi connectivity index (χ0v) is 14.8. The van der Waals surface area contributed by atoms with Crippen molar-refractivity contribution < 1.29 is 9.47 Å². The molecule has 1 unspecified atom stereocenters. The fourth-order valence-corrected chi connectivity index (χ4v) is 2.16. The van der Waals surface area contributed by atoms with Gasteiger partial charge in [0.15, 0.2) is 17.5 Å². The zero-order chi connectivity index (χ0) is 16.5. The van der Waals surface area contributed by atoms with E-state index in [0.717, 1.165) is 17.9 Å². The molecule has 1 aromatic carbocycles. The van der Waals surface area contributed by atoms with Crippen LogP contribution in [0.5, 0.6) is 11.5 Å². The average molecular weight is 328 g/mol. The lowest BCUT2D eigenvalue weighted by Crippen LogP contribution is -2.41. The van der Waals surface area contributed by atoms with Gasteiger partial charge in [0.05, 0.1) is 18.7 Å². The Kier molecular flexibility index (Phi) is 7.88. The monoisotopic (exact) mass is 327 g/mol. The highest BCUT2D eigenvalue weighted by molar-refractivity contribution is 6.32. The van der Waals surface area contributed by atoms with E-state index in [-0.39, 0.29) is 0 Å². The summed E-state index contributed by atoms with van der Waals surface area (Å²) in [6.07, 6.45) is 1.03. The van der Waals surface area contributed by atoms with E-state index in [9.17, 15) is 0 Å². The van der Waals surface area contributed by atoms with E-state index in [1.165, 1.54) is 0 Å². The predicted octanol–water partition coefficient (Wildman–Crippen LogP) is 3.21. The maximum atomic E-state index is 6.27. The molecular formula is C16H26ClN3O2. The Morgan fingerprint density at radius 1 is 1.36 bits per heavy atom. The number of nitrogens with zero attached hydrogens (tertiary/aromatic N) is 1. The normalized spacial score (nSPS) is 12.7. The summed E-state index contributed by atoms with van der Waals surface area (Å²) in [5.74, 6) is 1.98. The molecule has 0 amide bonds. The van der Waals surface area contributed by atoms with Crippen LogP contribution in [0.4, 0.5) is 0 Å². The van der Waals surface area contributed by atoms with Crippen molar-refractivity contribution in [1.82, 2.24) is 10.6 Å². The summed E-state index contributed by atoms with van der Waals surface area (Å²) < 4.78 is 10.9. The molecule has 1 atom stereocenters. The molecule has 124 valence electrons. The molecule has 0 radical (unpaired) electrons. The number of aliphatic imine (C=N–C) groups is 1. The van der Waals surface area contributed by atoms with Crippen LogP contribution in [0.1, 0.15) is 32.8 Å². The third-order valence-corrected chi connectivity index (χ3v) is 3.54. The maximum Gasteiger partial charge on any atom is 0.191 e. The van der Waals surface area contributed by atoms with Gasteiger partial charge < -0.3 is 20.1 Å². The summed E-state index contributed by atoms with van der Waals surface area (Å²) in [6, 6.07) is 4.16. The number of hydrogen-bond acceptors (Lipinski definition) is 3. The summed E-state index contributed by atoms with van der Waals surface area (Å²) in [6.45, 7) is 7.29. The molecule has 6 heteroatoms. The third-order valence-electron chi connectivity index (χ3n) is 3.26. The van der Waals surface area contributed by atoms with E-state index in [1.54, 1.807) is 14.2 Å². The molecule has 0 saturated carbocycles. The number of ether oxygens (including phenoxy) is 2. The quantitative estimate of drug-likeness (QED) is 0.596. The SMILES string of the molecule is CCOc1c(Cl)cc(CNC(=NC)NC(C)CC)cc1OC. The van der Waals surface area contributed by atoms with Gasteiger partial charge in [0, 0.05) is 19.6 Å². The van der Waals surface area contributed by atoms with Crippen molar-refractivity contribution in [3.8, 4) is 11.5 Å². The van der Waals surface area contributed by atoms with Crippen LogP contribution in [0.3, 0.4) is 0 Å². The number of benzene rings is 1. The third kappa shape index (κ3) is 5.30. The molecule has 0 bridgehead atoms. The minimum atomic E-state index is 0.365. The molecule has 1 rings (SSSR count). The standard InChI is InChI=1S/C16H26ClN3O2/c1-6-11(3)20-16(18-4)19-10-12-8-13(17)15(22-7-2)14(9-12)21-5/h8-9,11H,6-7,10H2,1-5H3,(H2,18,19,20). The molecule has 0 heterocycles. The van der Waals surface area contributed by atoms with Crippen molar-refractivity contribution in [2.24, 2.45) is 4.99 Å². The first-order valence-corrected chi connectivity index (χ1v) is 7.89. The highest BCUT2D eigenvalue weighted by Gasteiger charge is 2.12. The highest BCUT2D eigenvalue weighted by Crippen LogP contribution is 2.36. The predicted molar refractivity (Wildman–Crippen MR) is 92.3 cm³/mol. The zero-order valence-electron chi connectivity index (χ0n) is 14.0. The van der Waals surface area contributed by atoms with Crippen LogP contribution in [0.2, 0.25) is 5.02 Å². The van der Waals surface area contributed by atoms with Gasteiger partial charge in [-0.25, -0.2) is 0 Å². The van der Waals surface area contributed by atoms with Crippen LogP contribution in [0.25, 0.3) is 0 Å². The summed E-state index contributed by atoms with van der Waals surface area (Å²) in [5, 5.41) is 7.12. The smallest absolute Gasteiger partial charge is 0.191 e. The summed E-state index contributed by atoms with van der Waals surface area (Å²) in [5.41, 5.74) is 0.998. The molecular weight excluding hydrogens is 302 g/mol. The van der Waals surface area contributed by atoms with Gasteiger partial charge in [0.25, 0.3) is 0 Å². The molecule has 22 heavy (non-hydrogen) atoms. The summed E-state index contributed by atoms with van der Waals surface area (Å²) in [4.78, 5) is 4.21. The summed E-state index contributed by atoms with van der Waals surface area (Å²) >= 11 is 6.27. The first-order chi connectivity index (χ1) is 10.5. The van der Waals surface area contributed by atoms with Gasteiger partial charge >= 0.3 is 0 Å². The van der Waals surface area contributed by atoms with E-state index < -0.39 is 0 Å². The lowest BCUT2D eigenvalue weighted by atomic mass is 10.2. The Morgan fingerprint density at radius 3 is 2.64 bits per heavy atom. The van der Waals surface area contributed by atoms with E-state index in [1.807, 2.05) is 19.1 Å². The van der Waals surface area contributed by atoms with Crippen molar-refractivity contribution in [3.05, 3.63) is 22.7 Å². The van der Waals surface area contributed by atoms with Gasteiger partial charge in [-0.3, -0.25) is 4.99 Å². The fourth-order valence-electron chi connectivity index (χ4n) is 1.88. The molecule has 0 spiro atoms. The van der Waals surface area contributed by atoms with Crippen LogP contribution in [0.15, 0.2) is 17.1 Å². The van der Waals surface area contributed by atoms with E-state index in [2.05, 4.69) is 29.5 Å². The molecule has 0 fully saturated rings. The van der Waals surface area contributed by atoms with Crippen LogP contribution >= 0.6 is 11.6 Å². The number of methoxy groups -OCH3 is 1. The van der Waals surface area contributed by atoms with Gasteiger partial charge in [-0.2, -0.15) is 0 Å². The van der Waals surface area contributed by atoms with Gasteiger partial charge in [0.2, 0.25) is 0 Å². The van der Waals surface area contributed by atoms with Gasteiger partial charge in [-0.05, 0) is 38.0 Å². The topological polar surface area (TPSA) is 54.9 Å². The average Bonchev–Trinajstić information content (AvgIpc) is 2.53. The Balaban J connectivity index is 2.79. The fraction of sp³-hybridized carbons (Fsp3) is 0.562. The number of guanidine groups is 1. The van der Waals surface area contributed by atoms with E-state index >= 15 is 0 Å². The van der Waals surface area contributed by atoms with Crippen LogP contribution in [0, 0.1) is 0 Å². The number of halogens is 1. The molecule has 1 aromatic rings. The van der Waals surface area contributed by atoms with Gasteiger partial charge in [-0.1, -0.05) is 18.5 Å². The second-order valence-corrected chi connectivity index (χ2v) is 5.33. The van der Waals surface area contributed by atoms with Crippen molar-refractivity contribution >= 4 is 17.6 Å². The Bertz CT molecular complexity index is 506. The minimum absolute atomic E-state index is 0.365.